The fourth-order valence-corrected chi connectivity index (χ4v) is 3.39. The zero-order valence-corrected chi connectivity index (χ0v) is 15.5. The van der Waals surface area contributed by atoms with E-state index in [0.29, 0.717) is 29.6 Å². The molecule has 5 nitrogen and oxygen atoms in total. The molecule has 0 aliphatic heterocycles. The van der Waals surface area contributed by atoms with Crippen LogP contribution in [0.25, 0.3) is 10.4 Å². The summed E-state index contributed by atoms with van der Waals surface area (Å²) in [6, 6.07) is 11.9. The average molecular weight is 406 g/mol. The van der Waals surface area contributed by atoms with Gasteiger partial charge >= 0.3 is 0 Å². The molecule has 2 heterocycles. The normalized spacial score (nSPS) is 10.8. The number of thiophene rings is 1. The van der Waals surface area contributed by atoms with Crippen LogP contribution in [-0.2, 0) is 6.42 Å². The quantitative estimate of drug-likeness (QED) is 0.622. The third-order valence-corrected chi connectivity index (χ3v) is 5.04. The van der Waals surface area contributed by atoms with Crippen molar-refractivity contribution in [2.75, 3.05) is 6.54 Å². The number of rotatable bonds is 6. The van der Waals surface area contributed by atoms with E-state index in [1.165, 1.54) is 11.3 Å². The summed E-state index contributed by atoms with van der Waals surface area (Å²) in [6.07, 6.45) is 1.42. The summed E-state index contributed by atoms with van der Waals surface area (Å²) in [7, 11) is 0. The highest BCUT2D eigenvalue weighted by Crippen LogP contribution is 2.29. The fourth-order valence-electron chi connectivity index (χ4n) is 2.20. The van der Waals surface area contributed by atoms with Gasteiger partial charge in [0.05, 0.1) is 4.88 Å². The van der Waals surface area contributed by atoms with Crippen LogP contribution in [-0.4, -0.2) is 22.6 Å². The van der Waals surface area contributed by atoms with Gasteiger partial charge in [-0.2, -0.15) is 4.98 Å². The number of nitrogens with zero attached hydrogens (tertiary/aromatic N) is 2. The third kappa shape index (κ3) is 4.30. The topological polar surface area (TPSA) is 68.0 Å². The molecule has 0 bridgehead atoms. The van der Waals surface area contributed by atoms with E-state index in [2.05, 4.69) is 31.4 Å². The van der Waals surface area contributed by atoms with Crippen molar-refractivity contribution >= 4 is 33.2 Å². The smallest absolute Gasteiger partial charge is 0.261 e. The Morgan fingerprint density at radius 2 is 2.04 bits per heavy atom. The third-order valence-electron chi connectivity index (χ3n) is 3.38. The molecule has 24 heavy (non-hydrogen) atoms. The maximum atomic E-state index is 12.2. The van der Waals surface area contributed by atoms with E-state index in [4.69, 9.17) is 4.52 Å². The van der Waals surface area contributed by atoms with E-state index < -0.39 is 0 Å². The minimum absolute atomic E-state index is 0.0509. The minimum Gasteiger partial charge on any atom is -0.351 e. The van der Waals surface area contributed by atoms with Gasteiger partial charge in [-0.25, -0.2) is 0 Å². The van der Waals surface area contributed by atoms with Crippen LogP contribution in [0.2, 0.25) is 0 Å². The van der Waals surface area contributed by atoms with Gasteiger partial charge in [-0.05, 0) is 43.2 Å². The van der Waals surface area contributed by atoms with Crippen LogP contribution in [0.15, 0.2) is 45.4 Å². The predicted molar refractivity (Wildman–Crippen MR) is 97.1 cm³/mol. The van der Waals surface area contributed by atoms with Gasteiger partial charge in [0.25, 0.3) is 5.91 Å². The van der Waals surface area contributed by atoms with Crippen LogP contribution < -0.4 is 5.32 Å². The molecule has 2 aromatic heterocycles. The van der Waals surface area contributed by atoms with Gasteiger partial charge in [0.15, 0.2) is 5.82 Å². The van der Waals surface area contributed by atoms with Gasteiger partial charge in [0.1, 0.15) is 0 Å². The van der Waals surface area contributed by atoms with E-state index in [9.17, 15) is 4.79 Å². The van der Waals surface area contributed by atoms with E-state index in [1.807, 2.05) is 36.4 Å². The Bertz CT molecular complexity index is 826. The average Bonchev–Trinajstić information content (AvgIpc) is 3.21. The number of hydrogen-bond acceptors (Lipinski definition) is 5. The first kappa shape index (κ1) is 16.9. The molecular weight excluding hydrogens is 390 g/mol. The molecule has 0 saturated heterocycles. The van der Waals surface area contributed by atoms with Crippen LogP contribution in [0.3, 0.4) is 0 Å². The molecule has 0 unspecified atom stereocenters. The van der Waals surface area contributed by atoms with Crippen molar-refractivity contribution in [2.24, 2.45) is 0 Å². The lowest BCUT2D eigenvalue weighted by Gasteiger charge is -2.02. The standard InChI is InChI=1S/C17H16BrN3O2S/c1-11-20-16(23-21-11)3-2-10-19-17(22)15-9-8-14(24-15)12-4-6-13(18)7-5-12/h4-9H,2-3,10H2,1H3,(H,19,22). The van der Waals surface area contributed by atoms with Crippen molar-refractivity contribution in [3.05, 3.63) is 57.5 Å². The number of benzene rings is 1. The maximum absolute atomic E-state index is 12.2. The molecule has 0 aliphatic carbocycles. The monoisotopic (exact) mass is 405 g/mol. The molecule has 1 aromatic carbocycles. The summed E-state index contributed by atoms with van der Waals surface area (Å²) in [5.74, 6) is 1.19. The lowest BCUT2D eigenvalue weighted by atomic mass is 10.2. The molecule has 124 valence electrons. The van der Waals surface area contributed by atoms with Crippen molar-refractivity contribution in [3.8, 4) is 10.4 Å². The molecule has 1 N–H and O–H groups in total. The van der Waals surface area contributed by atoms with Gasteiger partial charge in [-0.15, -0.1) is 11.3 Å². The zero-order chi connectivity index (χ0) is 16.9. The van der Waals surface area contributed by atoms with Crippen molar-refractivity contribution in [2.45, 2.75) is 19.8 Å². The van der Waals surface area contributed by atoms with Crippen molar-refractivity contribution in [1.29, 1.82) is 0 Å². The Morgan fingerprint density at radius 1 is 1.25 bits per heavy atom. The molecule has 3 aromatic rings. The molecule has 0 atom stereocenters. The van der Waals surface area contributed by atoms with Crippen LogP contribution in [0.5, 0.6) is 0 Å². The first-order valence-electron chi connectivity index (χ1n) is 7.55. The Labute approximate surface area is 152 Å². The molecule has 0 fully saturated rings. The molecule has 3 rings (SSSR count). The van der Waals surface area contributed by atoms with Crippen LogP contribution in [0.4, 0.5) is 0 Å². The molecule has 0 radical (unpaired) electrons. The second kappa shape index (κ2) is 7.72. The number of amides is 1. The first-order chi connectivity index (χ1) is 11.6. The van der Waals surface area contributed by atoms with E-state index in [0.717, 1.165) is 21.3 Å². The fraction of sp³-hybridized carbons (Fsp3) is 0.235. The number of carbonyl (C=O) groups excluding carboxylic acids is 1. The molecule has 1 amide bonds. The van der Waals surface area contributed by atoms with Gasteiger partial charge < -0.3 is 9.84 Å². The van der Waals surface area contributed by atoms with Crippen molar-refractivity contribution in [3.63, 3.8) is 0 Å². The molecule has 0 saturated carbocycles. The van der Waals surface area contributed by atoms with Gasteiger partial charge in [-0.1, -0.05) is 33.2 Å². The van der Waals surface area contributed by atoms with Crippen LogP contribution in [0, 0.1) is 6.92 Å². The number of halogens is 1. The Hall–Kier alpha value is -1.99. The van der Waals surface area contributed by atoms with Gasteiger partial charge in [0, 0.05) is 22.3 Å². The van der Waals surface area contributed by atoms with Crippen molar-refractivity contribution < 1.29 is 9.32 Å². The lowest BCUT2D eigenvalue weighted by molar-refractivity contribution is 0.0957. The first-order valence-corrected chi connectivity index (χ1v) is 9.16. The molecule has 7 heteroatoms. The second-order valence-electron chi connectivity index (χ2n) is 5.27. The SMILES string of the molecule is Cc1noc(CCCNC(=O)c2ccc(-c3ccc(Br)cc3)s2)n1. The zero-order valence-electron chi connectivity index (χ0n) is 13.1. The van der Waals surface area contributed by atoms with E-state index in [1.54, 1.807) is 6.92 Å². The second-order valence-corrected chi connectivity index (χ2v) is 7.27. The summed E-state index contributed by atoms with van der Waals surface area (Å²) >= 11 is 4.91. The van der Waals surface area contributed by atoms with Crippen LogP contribution >= 0.6 is 27.3 Å². The van der Waals surface area contributed by atoms with Crippen LogP contribution in [0.1, 0.15) is 27.8 Å². The summed E-state index contributed by atoms with van der Waals surface area (Å²) in [4.78, 5) is 18.1. The summed E-state index contributed by atoms with van der Waals surface area (Å²) in [5.41, 5.74) is 1.11. The Balaban J connectivity index is 1.51. The van der Waals surface area contributed by atoms with Gasteiger partial charge in [-0.3, -0.25) is 4.79 Å². The number of hydrogen-bond donors (Lipinski definition) is 1. The lowest BCUT2D eigenvalue weighted by Crippen LogP contribution is -2.23. The largest absolute Gasteiger partial charge is 0.351 e. The highest BCUT2D eigenvalue weighted by Gasteiger charge is 2.10. The summed E-state index contributed by atoms with van der Waals surface area (Å²) < 4.78 is 6.08. The van der Waals surface area contributed by atoms with E-state index >= 15 is 0 Å². The highest BCUT2D eigenvalue weighted by atomic mass is 79.9. The summed E-state index contributed by atoms with van der Waals surface area (Å²) in [6.45, 7) is 2.36. The molecule has 0 aliphatic rings. The maximum Gasteiger partial charge on any atom is 0.261 e. The molecule has 0 spiro atoms. The number of nitrogens with one attached hydrogen (secondary N) is 1. The molecular formula is C17H16BrN3O2S. The Morgan fingerprint density at radius 3 is 2.75 bits per heavy atom. The number of aryl methyl sites for hydroxylation is 2. The highest BCUT2D eigenvalue weighted by molar-refractivity contribution is 9.10. The van der Waals surface area contributed by atoms with E-state index in [-0.39, 0.29) is 5.91 Å². The summed E-state index contributed by atoms with van der Waals surface area (Å²) in [5, 5.41) is 6.66. The predicted octanol–water partition coefficient (Wildman–Crippen LogP) is 4.23. The van der Waals surface area contributed by atoms with Crippen molar-refractivity contribution in [1.82, 2.24) is 15.5 Å². The Kier molecular flexibility index (Phi) is 5.42. The number of carbonyl (C=O) groups is 1. The number of aromatic nitrogens is 2. The minimum atomic E-state index is -0.0509. The van der Waals surface area contributed by atoms with Gasteiger partial charge in [0.2, 0.25) is 5.89 Å².